The van der Waals surface area contributed by atoms with E-state index in [4.69, 9.17) is 10.2 Å². The van der Waals surface area contributed by atoms with E-state index in [0.29, 0.717) is 6.54 Å². The molecule has 0 bridgehead atoms. The molecule has 6 nitrogen and oxygen atoms in total. The lowest BCUT2D eigenvalue weighted by atomic mass is 10.2. The summed E-state index contributed by atoms with van der Waals surface area (Å²) >= 11 is 0. The van der Waals surface area contributed by atoms with E-state index in [1.165, 1.54) is 19.1 Å². The van der Waals surface area contributed by atoms with Gasteiger partial charge in [-0.05, 0) is 24.6 Å². The highest BCUT2D eigenvalue weighted by Crippen LogP contribution is 2.08. The number of nitrogens with one attached hydrogen (secondary N) is 1. The average molecular weight is 258 g/mol. The quantitative estimate of drug-likeness (QED) is 0.683. The zero-order valence-corrected chi connectivity index (χ0v) is 10.1. The second kappa shape index (κ2) is 5.26. The van der Waals surface area contributed by atoms with Crippen molar-refractivity contribution in [2.45, 2.75) is 24.4 Å². The molecule has 1 rings (SSSR count). The van der Waals surface area contributed by atoms with Gasteiger partial charge in [0.1, 0.15) is 6.04 Å². The van der Waals surface area contributed by atoms with Crippen molar-refractivity contribution >= 4 is 16.0 Å². The van der Waals surface area contributed by atoms with Gasteiger partial charge < -0.3 is 10.4 Å². The molecule has 0 radical (unpaired) electrons. The molecule has 0 saturated carbocycles. The SMILES string of the molecule is CC(NCc1ccc(S(N)(=O)=O)cc1)C(=O)O. The molecule has 17 heavy (non-hydrogen) atoms. The topological polar surface area (TPSA) is 109 Å². The van der Waals surface area contributed by atoms with Gasteiger partial charge in [0.25, 0.3) is 0 Å². The second-order valence-corrected chi connectivity index (χ2v) is 5.19. The third-order valence-corrected chi connectivity index (χ3v) is 3.16. The van der Waals surface area contributed by atoms with Gasteiger partial charge in [-0.2, -0.15) is 0 Å². The number of rotatable bonds is 5. The predicted molar refractivity (Wildman–Crippen MR) is 61.8 cm³/mol. The van der Waals surface area contributed by atoms with Gasteiger partial charge in [-0.1, -0.05) is 12.1 Å². The first kappa shape index (κ1) is 13.6. The first-order valence-electron chi connectivity index (χ1n) is 4.88. The summed E-state index contributed by atoms with van der Waals surface area (Å²) in [4.78, 5) is 10.6. The summed E-state index contributed by atoms with van der Waals surface area (Å²) in [5.74, 6) is -0.939. The highest BCUT2D eigenvalue weighted by Gasteiger charge is 2.10. The van der Waals surface area contributed by atoms with E-state index in [-0.39, 0.29) is 4.90 Å². The lowest BCUT2D eigenvalue weighted by Gasteiger charge is -2.09. The molecule has 94 valence electrons. The minimum Gasteiger partial charge on any atom is -0.480 e. The van der Waals surface area contributed by atoms with Gasteiger partial charge in [-0.15, -0.1) is 0 Å². The Balaban J connectivity index is 2.67. The van der Waals surface area contributed by atoms with Crippen LogP contribution in [0.5, 0.6) is 0 Å². The molecule has 1 atom stereocenters. The molecule has 0 spiro atoms. The maximum absolute atomic E-state index is 11.0. The molecule has 0 aliphatic carbocycles. The fourth-order valence-electron chi connectivity index (χ4n) is 1.16. The molecular formula is C10H14N2O4S. The number of hydrogen-bond acceptors (Lipinski definition) is 4. The van der Waals surface area contributed by atoms with E-state index < -0.39 is 22.0 Å². The molecule has 1 unspecified atom stereocenters. The molecule has 4 N–H and O–H groups in total. The van der Waals surface area contributed by atoms with E-state index in [2.05, 4.69) is 5.32 Å². The normalized spacial score (nSPS) is 13.3. The average Bonchev–Trinajstić information content (AvgIpc) is 2.25. The highest BCUT2D eigenvalue weighted by molar-refractivity contribution is 7.89. The van der Waals surface area contributed by atoms with Crippen molar-refractivity contribution in [1.82, 2.24) is 5.32 Å². The standard InChI is InChI=1S/C10H14N2O4S/c1-7(10(13)14)12-6-8-2-4-9(5-3-8)17(11,15)16/h2-5,7,12H,6H2,1H3,(H,13,14)(H2,11,15,16). The van der Waals surface area contributed by atoms with Crippen LogP contribution in [0.1, 0.15) is 12.5 Å². The molecule has 0 aromatic heterocycles. The summed E-state index contributed by atoms with van der Waals surface area (Å²) in [5.41, 5.74) is 0.783. The molecule has 0 fully saturated rings. The third-order valence-electron chi connectivity index (χ3n) is 2.23. The maximum Gasteiger partial charge on any atom is 0.320 e. The van der Waals surface area contributed by atoms with Gasteiger partial charge >= 0.3 is 5.97 Å². The van der Waals surface area contributed by atoms with Crippen molar-refractivity contribution in [2.75, 3.05) is 0 Å². The summed E-state index contributed by atoms with van der Waals surface area (Å²) in [6.07, 6.45) is 0. The summed E-state index contributed by atoms with van der Waals surface area (Å²) < 4.78 is 22.0. The first-order chi connectivity index (χ1) is 7.80. The van der Waals surface area contributed by atoms with Gasteiger partial charge in [0.15, 0.2) is 0 Å². The van der Waals surface area contributed by atoms with Crippen LogP contribution in [0.3, 0.4) is 0 Å². The van der Waals surface area contributed by atoms with Gasteiger partial charge in [-0.3, -0.25) is 4.79 Å². The van der Waals surface area contributed by atoms with Crippen molar-refractivity contribution in [3.63, 3.8) is 0 Å². The number of aliphatic carboxylic acids is 1. The van der Waals surface area contributed by atoms with Crippen molar-refractivity contribution in [1.29, 1.82) is 0 Å². The van der Waals surface area contributed by atoms with Crippen molar-refractivity contribution in [3.05, 3.63) is 29.8 Å². The smallest absolute Gasteiger partial charge is 0.320 e. The third kappa shape index (κ3) is 4.14. The van der Waals surface area contributed by atoms with Crippen LogP contribution in [-0.2, 0) is 21.4 Å². The number of carboxylic acid groups (broad SMARTS) is 1. The number of carbonyl (C=O) groups is 1. The number of hydrogen-bond donors (Lipinski definition) is 3. The van der Waals surface area contributed by atoms with Crippen molar-refractivity contribution in [3.8, 4) is 0 Å². The maximum atomic E-state index is 11.0. The summed E-state index contributed by atoms with van der Waals surface area (Å²) in [5, 5.41) is 16.4. The van der Waals surface area contributed by atoms with Crippen LogP contribution in [0.25, 0.3) is 0 Å². The molecule has 0 saturated heterocycles. The molecule has 7 heteroatoms. The summed E-state index contributed by atoms with van der Waals surface area (Å²) in [6.45, 7) is 1.87. The number of nitrogens with two attached hydrogens (primary N) is 1. The monoisotopic (exact) mass is 258 g/mol. The Labute approximate surface area is 99.5 Å². The first-order valence-corrected chi connectivity index (χ1v) is 6.43. The molecule has 0 amide bonds. The number of benzene rings is 1. The minimum absolute atomic E-state index is 0.0348. The Morgan fingerprint density at radius 1 is 1.41 bits per heavy atom. The Morgan fingerprint density at radius 2 is 1.94 bits per heavy atom. The lowest BCUT2D eigenvalue weighted by Crippen LogP contribution is -2.33. The van der Waals surface area contributed by atoms with E-state index in [1.807, 2.05) is 0 Å². The van der Waals surface area contributed by atoms with E-state index in [9.17, 15) is 13.2 Å². The summed E-state index contributed by atoms with van der Waals surface area (Å²) in [7, 11) is -3.68. The highest BCUT2D eigenvalue weighted by atomic mass is 32.2. The second-order valence-electron chi connectivity index (χ2n) is 3.63. The predicted octanol–water partition coefficient (Wildman–Crippen LogP) is -0.103. The fourth-order valence-corrected chi connectivity index (χ4v) is 1.67. The van der Waals surface area contributed by atoms with E-state index in [1.54, 1.807) is 12.1 Å². The van der Waals surface area contributed by atoms with Crippen LogP contribution >= 0.6 is 0 Å². The van der Waals surface area contributed by atoms with Crippen LogP contribution in [0.2, 0.25) is 0 Å². The van der Waals surface area contributed by atoms with Gasteiger partial charge in [-0.25, -0.2) is 13.6 Å². The summed E-state index contributed by atoms with van der Waals surface area (Å²) in [6, 6.07) is 5.28. The van der Waals surface area contributed by atoms with Crippen LogP contribution in [0.4, 0.5) is 0 Å². The Bertz CT molecular complexity index is 496. The molecule has 0 aliphatic heterocycles. The Morgan fingerprint density at radius 3 is 2.35 bits per heavy atom. The number of sulfonamides is 1. The van der Waals surface area contributed by atoms with E-state index >= 15 is 0 Å². The van der Waals surface area contributed by atoms with Crippen LogP contribution in [0.15, 0.2) is 29.2 Å². The zero-order valence-electron chi connectivity index (χ0n) is 9.25. The zero-order chi connectivity index (χ0) is 13.1. The van der Waals surface area contributed by atoms with Gasteiger partial charge in [0.05, 0.1) is 4.90 Å². The van der Waals surface area contributed by atoms with Crippen LogP contribution in [0, 0.1) is 0 Å². The molecule has 1 aromatic carbocycles. The molecule has 0 aliphatic rings. The van der Waals surface area contributed by atoms with E-state index in [0.717, 1.165) is 5.56 Å². The molecule has 0 heterocycles. The lowest BCUT2D eigenvalue weighted by molar-refractivity contribution is -0.139. The Kier molecular flexibility index (Phi) is 4.22. The molecule has 1 aromatic rings. The molecular weight excluding hydrogens is 244 g/mol. The van der Waals surface area contributed by atoms with Gasteiger partial charge in [0.2, 0.25) is 10.0 Å². The van der Waals surface area contributed by atoms with Crippen LogP contribution < -0.4 is 10.5 Å². The van der Waals surface area contributed by atoms with Gasteiger partial charge in [0, 0.05) is 6.54 Å². The number of primary sulfonamides is 1. The fraction of sp³-hybridized carbons (Fsp3) is 0.300. The van der Waals surface area contributed by atoms with Crippen molar-refractivity contribution in [2.24, 2.45) is 5.14 Å². The Hall–Kier alpha value is -1.44. The largest absolute Gasteiger partial charge is 0.480 e. The number of carboxylic acids is 1. The van der Waals surface area contributed by atoms with Crippen molar-refractivity contribution < 1.29 is 18.3 Å². The van der Waals surface area contributed by atoms with Crippen LogP contribution in [-0.4, -0.2) is 25.5 Å². The minimum atomic E-state index is -3.68.